The van der Waals surface area contributed by atoms with Crippen molar-refractivity contribution in [2.24, 2.45) is 7.05 Å². The number of aryl methyl sites for hydroxylation is 1. The Labute approximate surface area is 198 Å². The molecule has 0 aliphatic carbocycles. The number of amides is 1. The van der Waals surface area contributed by atoms with Crippen molar-refractivity contribution in [1.29, 1.82) is 0 Å². The van der Waals surface area contributed by atoms with Crippen molar-refractivity contribution >= 4 is 5.91 Å². The fourth-order valence-electron chi connectivity index (χ4n) is 4.36. The van der Waals surface area contributed by atoms with E-state index in [0.717, 1.165) is 42.3 Å². The van der Waals surface area contributed by atoms with E-state index in [4.69, 9.17) is 9.72 Å². The van der Waals surface area contributed by atoms with E-state index in [0.29, 0.717) is 18.8 Å². The number of imidazole rings is 1. The largest absolute Gasteiger partial charge is 0.492 e. The first-order valence-corrected chi connectivity index (χ1v) is 11.5. The molecule has 1 N–H and O–H groups in total. The average Bonchev–Trinajstić information content (AvgIpc) is 3.49. The summed E-state index contributed by atoms with van der Waals surface area (Å²) in [7, 11) is 1.93. The molecular weight excluding hydrogens is 428 g/mol. The maximum Gasteiger partial charge on any atom is 0.271 e. The van der Waals surface area contributed by atoms with Crippen molar-refractivity contribution in [2.75, 3.05) is 19.7 Å². The highest BCUT2D eigenvalue weighted by atomic mass is 16.5. The lowest BCUT2D eigenvalue weighted by Crippen LogP contribution is -2.38. The highest BCUT2D eigenvalue weighted by Crippen LogP contribution is 2.32. The van der Waals surface area contributed by atoms with Crippen molar-refractivity contribution in [3.05, 3.63) is 102 Å². The molecule has 0 radical (unpaired) electrons. The minimum Gasteiger partial charge on any atom is -0.492 e. The first-order valence-electron chi connectivity index (χ1n) is 11.5. The molecule has 5 rings (SSSR count). The first-order chi connectivity index (χ1) is 16.7. The third-order valence-corrected chi connectivity index (χ3v) is 5.94. The zero-order chi connectivity index (χ0) is 23.3. The molecule has 0 fully saturated rings. The zero-order valence-electron chi connectivity index (χ0n) is 19.2. The summed E-state index contributed by atoms with van der Waals surface area (Å²) in [6.45, 7) is 3.19. The van der Waals surface area contributed by atoms with E-state index in [1.165, 1.54) is 0 Å². The van der Waals surface area contributed by atoms with Gasteiger partial charge in [-0.1, -0.05) is 48.5 Å². The molecule has 0 spiro atoms. The van der Waals surface area contributed by atoms with Crippen molar-refractivity contribution < 1.29 is 9.53 Å². The van der Waals surface area contributed by atoms with Gasteiger partial charge in [-0.2, -0.15) is 5.10 Å². The standard InChI is InChI=1S/C26H28N6O2/c1-30-17-20(16-28-30)18-31-13-14-32-19-23(29-25(32)24(31)21-8-4-2-5-9-21)26(33)27-12-15-34-22-10-6-3-7-11-22/h2-11,16-17,19,24H,12-15,18H2,1H3,(H,27,33). The van der Waals surface area contributed by atoms with Crippen LogP contribution in [0.25, 0.3) is 0 Å². The van der Waals surface area contributed by atoms with E-state index in [-0.39, 0.29) is 11.9 Å². The number of benzene rings is 2. The summed E-state index contributed by atoms with van der Waals surface area (Å²) in [5, 5.41) is 7.23. The van der Waals surface area contributed by atoms with Gasteiger partial charge in [-0.3, -0.25) is 14.4 Å². The number of carbonyl (C=O) groups excluding carboxylic acids is 1. The van der Waals surface area contributed by atoms with Gasteiger partial charge in [0.15, 0.2) is 0 Å². The van der Waals surface area contributed by atoms with Gasteiger partial charge >= 0.3 is 0 Å². The van der Waals surface area contributed by atoms with E-state index >= 15 is 0 Å². The summed E-state index contributed by atoms with van der Waals surface area (Å²) in [5.41, 5.74) is 2.74. The molecule has 8 heteroatoms. The number of nitrogens with zero attached hydrogens (tertiary/aromatic N) is 5. The summed E-state index contributed by atoms with van der Waals surface area (Å²) in [4.78, 5) is 20.0. The van der Waals surface area contributed by atoms with E-state index in [9.17, 15) is 4.79 Å². The zero-order valence-corrected chi connectivity index (χ0v) is 19.2. The number of aromatic nitrogens is 4. The van der Waals surface area contributed by atoms with Crippen LogP contribution in [0, 0.1) is 0 Å². The van der Waals surface area contributed by atoms with Crippen LogP contribution in [0.2, 0.25) is 0 Å². The third-order valence-electron chi connectivity index (χ3n) is 5.94. The van der Waals surface area contributed by atoms with Gasteiger partial charge in [0, 0.05) is 44.6 Å². The normalized spacial score (nSPS) is 15.6. The van der Waals surface area contributed by atoms with Crippen LogP contribution >= 0.6 is 0 Å². The highest BCUT2D eigenvalue weighted by molar-refractivity contribution is 5.92. The third kappa shape index (κ3) is 4.87. The predicted molar refractivity (Wildman–Crippen MR) is 128 cm³/mol. The molecule has 3 heterocycles. The Balaban J connectivity index is 1.31. The molecule has 2 aromatic carbocycles. The summed E-state index contributed by atoms with van der Waals surface area (Å²) in [5.74, 6) is 1.48. The molecule has 1 amide bonds. The van der Waals surface area contributed by atoms with Crippen molar-refractivity contribution in [3.63, 3.8) is 0 Å². The lowest BCUT2D eigenvalue weighted by atomic mass is 10.0. The van der Waals surface area contributed by atoms with Gasteiger partial charge in [0.05, 0.1) is 18.8 Å². The number of nitrogens with one attached hydrogen (secondary N) is 1. The van der Waals surface area contributed by atoms with Crippen LogP contribution in [0.3, 0.4) is 0 Å². The maximum absolute atomic E-state index is 12.8. The topological polar surface area (TPSA) is 77.2 Å². The molecule has 1 aliphatic heterocycles. The van der Waals surface area contributed by atoms with Gasteiger partial charge in [-0.05, 0) is 17.7 Å². The van der Waals surface area contributed by atoms with Crippen LogP contribution in [0.4, 0.5) is 0 Å². The molecule has 2 aromatic heterocycles. The van der Waals surface area contributed by atoms with Crippen LogP contribution < -0.4 is 10.1 Å². The molecule has 34 heavy (non-hydrogen) atoms. The molecule has 8 nitrogen and oxygen atoms in total. The number of hydrogen-bond acceptors (Lipinski definition) is 5. The summed E-state index contributed by atoms with van der Waals surface area (Å²) >= 11 is 0. The minimum atomic E-state index is -0.191. The number of ether oxygens (including phenoxy) is 1. The SMILES string of the molecule is Cn1cc(CN2CCn3cc(C(=O)NCCOc4ccccc4)nc3C2c2ccccc2)cn1. The predicted octanol–water partition coefficient (Wildman–Crippen LogP) is 3.03. The maximum atomic E-state index is 12.8. The van der Waals surface area contributed by atoms with Crippen LogP contribution in [-0.2, 0) is 20.1 Å². The van der Waals surface area contributed by atoms with Crippen molar-refractivity contribution in [1.82, 2.24) is 29.5 Å². The molecule has 0 saturated heterocycles. The molecule has 4 aromatic rings. The Morgan fingerprint density at radius 1 is 1.06 bits per heavy atom. The smallest absolute Gasteiger partial charge is 0.271 e. The Hall–Kier alpha value is -3.91. The minimum absolute atomic E-state index is 0.0434. The van der Waals surface area contributed by atoms with E-state index in [1.807, 2.05) is 78.9 Å². The highest BCUT2D eigenvalue weighted by Gasteiger charge is 2.32. The Bertz CT molecular complexity index is 1230. The summed E-state index contributed by atoms with van der Waals surface area (Å²) in [6.07, 6.45) is 5.80. The quantitative estimate of drug-likeness (QED) is 0.413. The number of rotatable bonds is 8. The number of hydrogen-bond donors (Lipinski definition) is 1. The second-order valence-corrected chi connectivity index (χ2v) is 8.40. The number of fused-ring (bicyclic) bond motifs is 1. The average molecular weight is 457 g/mol. The Morgan fingerprint density at radius 3 is 2.56 bits per heavy atom. The van der Waals surface area contributed by atoms with Crippen LogP contribution in [-0.4, -0.2) is 49.8 Å². The fourth-order valence-corrected chi connectivity index (χ4v) is 4.36. The number of carbonyl (C=O) groups is 1. The molecule has 0 bridgehead atoms. The molecule has 174 valence electrons. The van der Waals surface area contributed by atoms with Crippen molar-refractivity contribution in [3.8, 4) is 5.75 Å². The first kappa shape index (κ1) is 21.9. The van der Waals surface area contributed by atoms with Gasteiger partial charge in [0.25, 0.3) is 5.91 Å². The van der Waals surface area contributed by atoms with Crippen molar-refractivity contribution in [2.45, 2.75) is 19.1 Å². The van der Waals surface area contributed by atoms with Crippen LogP contribution in [0.5, 0.6) is 5.75 Å². The van der Waals surface area contributed by atoms with Crippen LogP contribution in [0.15, 0.2) is 79.3 Å². The van der Waals surface area contributed by atoms with Crippen LogP contribution in [0.1, 0.15) is 33.5 Å². The van der Waals surface area contributed by atoms with Gasteiger partial charge < -0.3 is 14.6 Å². The molecule has 0 saturated carbocycles. The van der Waals surface area contributed by atoms with Gasteiger partial charge in [0.2, 0.25) is 0 Å². The van der Waals surface area contributed by atoms with Gasteiger partial charge in [-0.25, -0.2) is 4.98 Å². The lowest BCUT2D eigenvalue weighted by molar-refractivity contribution is 0.0942. The molecule has 1 atom stereocenters. The number of para-hydroxylation sites is 1. The monoisotopic (exact) mass is 456 g/mol. The molecular formula is C26H28N6O2. The van der Waals surface area contributed by atoms with Gasteiger partial charge in [-0.15, -0.1) is 0 Å². The van der Waals surface area contributed by atoms with E-state index < -0.39 is 0 Å². The van der Waals surface area contributed by atoms with E-state index in [2.05, 4.69) is 32.0 Å². The lowest BCUT2D eigenvalue weighted by Gasteiger charge is -2.36. The second kappa shape index (κ2) is 9.93. The Morgan fingerprint density at radius 2 is 1.82 bits per heavy atom. The van der Waals surface area contributed by atoms with E-state index in [1.54, 1.807) is 0 Å². The fraction of sp³-hybridized carbons (Fsp3) is 0.269. The Kier molecular flexibility index (Phi) is 6.40. The molecule has 1 aliphatic rings. The summed E-state index contributed by atoms with van der Waals surface area (Å²) < 4.78 is 9.59. The van der Waals surface area contributed by atoms with Gasteiger partial charge in [0.1, 0.15) is 23.9 Å². The second-order valence-electron chi connectivity index (χ2n) is 8.40. The summed E-state index contributed by atoms with van der Waals surface area (Å²) in [6, 6.07) is 19.9. The molecule has 1 unspecified atom stereocenters.